The van der Waals surface area contributed by atoms with E-state index in [0.29, 0.717) is 17.7 Å². The molecule has 0 aliphatic rings. The minimum absolute atomic E-state index is 0.0182. The number of nitrogens with two attached hydrogens (primary N) is 1. The minimum Gasteiger partial charge on any atom is -0.464 e. The maximum absolute atomic E-state index is 13.2. The Labute approximate surface area is 252 Å². The number of anilines is 1. The summed E-state index contributed by atoms with van der Waals surface area (Å²) in [7, 11) is 1.52. The minimum atomic E-state index is -0.964. The number of amides is 6. The monoisotopic (exact) mass is 606 g/mol. The van der Waals surface area contributed by atoms with Crippen LogP contribution in [0, 0.1) is 11.8 Å². The Kier molecular flexibility index (Phi) is 16.2. The number of nitrogens with one attached hydrogen (secondary N) is 4. The van der Waals surface area contributed by atoms with E-state index in [0.717, 1.165) is 0 Å². The zero-order valence-corrected chi connectivity index (χ0v) is 25.9. The van der Waals surface area contributed by atoms with E-state index in [1.807, 2.05) is 13.8 Å². The fraction of sp³-hybridized carbons (Fsp3) is 0.586. The van der Waals surface area contributed by atoms with E-state index < -0.39 is 42.0 Å². The first-order valence-electron chi connectivity index (χ1n) is 14.2. The van der Waals surface area contributed by atoms with Crippen molar-refractivity contribution >= 4 is 41.5 Å². The van der Waals surface area contributed by atoms with Crippen LogP contribution in [0.4, 0.5) is 15.3 Å². The van der Waals surface area contributed by atoms with Crippen LogP contribution in [0.1, 0.15) is 59.4 Å². The van der Waals surface area contributed by atoms with E-state index in [1.165, 1.54) is 18.9 Å². The van der Waals surface area contributed by atoms with Crippen LogP contribution in [0.15, 0.2) is 24.3 Å². The highest BCUT2D eigenvalue weighted by Crippen LogP contribution is 2.13. The van der Waals surface area contributed by atoms with E-state index >= 15 is 0 Å². The van der Waals surface area contributed by atoms with Crippen molar-refractivity contribution in [2.24, 2.45) is 17.6 Å². The van der Waals surface area contributed by atoms with Crippen LogP contribution in [0.5, 0.6) is 0 Å². The van der Waals surface area contributed by atoms with Gasteiger partial charge in [0.05, 0.1) is 6.54 Å². The zero-order chi connectivity index (χ0) is 32.5. The van der Waals surface area contributed by atoms with Crippen molar-refractivity contribution in [1.82, 2.24) is 20.9 Å². The van der Waals surface area contributed by atoms with Crippen molar-refractivity contribution in [1.29, 1.82) is 0 Å². The molecule has 0 aliphatic carbocycles. The number of urea groups is 1. The van der Waals surface area contributed by atoms with Gasteiger partial charge < -0.3 is 41.4 Å². The highest BCUT2D eigenvalue weighted by atomic mass is 16.6. The molecule has 0 saturated heterocycles. The number of nitrogens with zero attached hydrogens (tertiary/aromatic N) is 1. The Balaban J connectivity index is 2.84. The Morgan fingerprint density at radius 2 is 1.58 bits per heavy atom. The normalized spacial score (nSPS) is 12.1. The Bertz CT molecular complexity index is 1090. The molecule has 14 nitrogen and oxygen atoms in total. The summed E-state index contributed by atoms with van der Waals surface area (Å²) in [5.74, 6) is -1.79. The number of hydrogen-bond donors (Lipinski definition) is 5. The van der Waals surface area contributed by atoms with Crippen molar-refractivity contribution in [3.63, 3.8) is 0 Å². The Morgan fingerprint density at radius 3 is 2.14 bits per heavy atom. The van der Waals surface area contributed by atoms with Crippen LogP contribution in [0.25, 0.3) is 0 Å². The van der Waals surface area contributed by atoms with Gasteiger partial charge in [0, 0.05) is 32.6 Å². The molecule has 0 spiro atoms. The van der Waals surface area contributed by atoms with Gasteiger partial charge in [-0.05, 0) is 42.4 Å². The molecule has 2 atom stereocenters. The number of hydrogen-bond acceptors (Lipinski definition) is 8. The number of rotatable bonds is 17. The van der Waals surface area contributed by atoms with Crippen LogP contribution < -0.4 is 27.0 Å². The van der Waals surface area contributed by atoms with Crippen LogP contribution in [-0.4, -0.2) is 79.5 Å². The number of likely N-dealkylation sites (N-methyl/N-ethyl adjacent to an activating group) is 1. The average molecular weight is 607 g/mol. The zero-order valence-electron chi connectivity index (χ0n) is 25.9. The molecule has 0 heterocycles. The molecule has 0 bridgehead atoms. The molecule has 0 aromatic heterocycles. The van der Waals surface area contributed by atoms with Gasteiger partial charge in [-0.15, -0.1) is 0 Å². The molecule has 1 aromatic carbocycles. The highest BCUT2D eigenvalue weighted by molar-refractivity contribution is 5.98. The molecule has 6 N–H and O–H groups in total. The summed E-state index contributed by atoms with van der Waals surface area (Å²) in [4.78, 5) is 74.0. The molecule has 0 radical (unpaired) electrons. The van der Waals surface area contributed by atoms with E-state index in [9.17, 15) is 28.8 Å². The van der Waals surface area contributed by atoms with Gasteiger partial charge in [-0.25, -0.2) is 9.59 Å². The summed E-state index contributed by atoms with van der Waals surface area (Å²) < 4.78 is 10.1. The van der Waals surface area contributed by atoms with Crippen LogP contribution in [-0.2, 0) is 35.3 Å². The van der Waals surface area contributed by atoms with E-state index in [4.69, 9.17) is 15.2 Å². The average Bonchev–Trinajstić information content (AvgIpc) is 2.91. The third-order valence-corrected chi connectivity index (χ3v) is 6.09. The topological polar surface area (TPSA) is 198 Å². The summed E-state index contributed by atoms with van der Waals surface area (Å²) in [5, 5.41) is 10.7. The van der Waals surface area contributed by atoms with Gasteiger partial charge in [-0.1, -0.05) is 39.8 Å². The molecule has 1 rings (SSSR count). The van der Waals surface area contributed by atoms with Crippen LogP contribution in [0.3, 0.4) is 0 Å². The van der Waals surface area contributed by atoms with Crippen LogP contribution in [0.2, 0.25) is 0 Å². The molecular formula is C29H46N6O8. The van der Waals surface area contributed by atoms with Gasteiger partial charge in [0.15, 0.2) is 0 Å². The third-order valence-electron chi connectivity index (χ3n) is 6.09. The molecule has 6 amide bonds. The van der Waals surface area contributed by atoms with Crippen molar-refractivity contribution in [2.75, 3.05) is 32.1 Å². The van der Waals surface area contributed by atoms with Crippen molar-refractivity contribution in [3.05, 3.63) is 29.8 Å². The van der Waals surface area contributed by atoms with E-state index in [1.54, 1.807) is 38.1 Å². The first-order valence-corrected chi connectivity index (χ1v) is 14.2. The quantitative estimate of drug-likeness (QED) is 0.131. The molecular weight excluding hydrogens is 560 g/mol. The van der Waals surface area contributed by atoms with Crippen molar-refractivity contribution in [3.8, 4) is 0 Å². The lowest BCUT2D eigenvalue weighted by atomic mass is 10.0. The van der Waals surface area contributed by atoms with Gasteiger partial charge >= 0.3 is 18.1 Å². The van der Waals surface area contributed by atoms with E-state index in [-0.39, 0.29) is 56.9 Å². The van der Waals surface area contributed by atoms with Gasteiger partial charge in [0.25, 0.3) is 0 Å². The smallest absolute Gasteiger partial charge is 0.409 e. The highest BCUT2D eigenvalue weighted by Gasteiger charge is 2.29. The lowest BCUT2D eigenvalue weighted by molar-refractivity contribution is -0.141. The number of carbonyl (C=O) groups is 6. The number of carbonyl (C=O) groups excluding carboxylic acids is 6. The standard InChI is InChI=1S/C29H46N6O8/c1-18(2)16-24(37)34-25(19(3)4)27(39)33-23(8-7-13-31-28(30)40)26(38)32-22-11-9-21(10-12-22)17-43-29(41)35(6)14-15-42-20(5)36/h9-12,18-19,23,25H,7-8,13-17H2,1-6H3,(H,32,38)(H,33,39)(H,34,37)(H3,30,31,40)/t23-,25-/m0/s1. The number of primary amides is 1. The molecule has 1 aromatic rings. The maximum Gasteiger partial charge on any atom is 0.409 e. The Morgan fingerprint density at radius 1 is 0.930 bits per heavy atom. The summed E-state index contributed by atoms with van der Waals surface area (Å²) in [6.45, 7) is 9.11. The fourth-order valence-corrected chi connectivity index (χ4v) is 3.77. The maximum atomic E-state index is 13.2. The van der Waals surface area contributed by atoms with Gasteiger partial charge in [0.1, 0.15) is 25.3 Å². The third kappa shape index (κ3) is 15.4. The van der Waals surface area contributed by atoms with E-state index in [2.05, 4.69) is 21.3 Å². The number of esters is 1. The second kappa shape index (κ2) is 18.9. The van der Waals surface area contributed by atoms with Crippen LogP contribution >= 0.6 is 0 Å². The lowest BCUT2D eigenvalue weighted by Gasteiger charge is -2.25. The molecule has 0 aliphatic heterocycles. The largest absolute Gasteiger partial charge is 0.464 e. The van der Waals surface area contributed by atoms with Gasteiger partial charge in [-0.3, -0.25) is 19.2 Å². The first-order chi connectivity index (χ1) is 20.2. The fourth-order valence-electron chi connectivity index (χ4n) is 3.77. The van der Waals surface area contributed by atoms with Gasteiger partial charge in [-0.2, -0.15) is 0 Å². The molecule has 0 unspecified atom stereocenters. The molecule has 0 fully saturated rings. The number of benzene rings is 1. The van der Waals surface area contributed by atoms with Crippen molar-refractivity contribution in [2.45, 2.75) is 72.6 Å². The molecule has 0 saturated carbocycles. The summed E-state index contributed by atoms with van der Waals surface area (Å²) >= 11 is 0. The SMILES string of the molecule is CC(=O)OCCN(C)C(=O)OCc1ccc(NC(=O)[C@H](CCCNC(N)=O)NC(=O)[C@@H](NC(=O)CC(C)C)C(C)C)cc1. The summed E-state index contributed by atoms with van der Waals surface area (Å²) in [6, 6.07) is 4.10. The van der Waals surface area contributed by atoms with Gasteiger partial charge in [0.2, 0.25) is 17.7 Å². The number of ether oxygens (including phenoxy) is 2. The summed E-state index contributed by atoms with van der Waals surface area (Å²) in [6.07, 6.45) is 0.226. The second-order valence-corrected chi connectivity index (χ2v) is 10.9. The first kappa shape index (κ1) is 36.7. The molecule has 240 valence electrons. The molecule has 43 heavy (non-hydrogen) atoms. The Hall–Kier alpha value is -4.36. The molecule has 14 heteroatoms. The second-order valence-electron chi connectivity index (χ2n) is 10.9. The predicted molar refractivity (Wildman–Crippen MR) is 159 cm³/mol. The lowest BCUT2D eigenvalue weighted by Crippen LogP contribution is -2.54. The van der Waals surface area contributed by atoms with Crippen molar-refractivity contribution < 1.29 is 38.2 Å². The predicted octanol–water partition coefficient (Wildman–Crippen LogP) is 1.88. The summed E-state index contributed by atoms with van der Waals surface area (Å²) in [5.41, 5.74) is 6.22.